The van der Waals surface area contributed by atoms with Gasteiger partial charge in [0, 0.05) is 26.4 Å². The highest BCUT2D eigenvalue weighted by atomic mass is 28.3. The lowest BCUT2D eigenvalue weighted by atomic mass is 9.82. The topological polar surface area (TPSA) is 109 Å². The molecule has 0 saturated carbocycles. The summed E-state index contributed by atoms with van der Waals surface area (Å²) in [6.07, 6.45) is 3.56. The molecule has 0 bridgehead atoms. The number of aliphatic imine (C=N–C) groups is 1. The average molecular weight is 475 g/mol. The molecular weight excluding hydrogens is 444 g/mol. The molecule has 2 heterocycles. The smallest absolute Gasteiger partial charge is 0.300 e. The van der Waals surface area contributed by atoms with Crippen molar-refractivity contribution in [3.05, 3.63) is 84.2 Å². The molecule has 0 radical (unpaired) electrons. The number of pyridine rings is 1. The predicted octanol–water partition coefficient (Wildman–Crippen LogP) is 3.42. The molecule has 176 valence electrons. The zero-order chi connectivity index (χ0) is 25.1. The highest BCUT2D eigenvalue weighted by Crippen LogP contribution is 2.40. The Morgan fingerprint density at radius 1 is 1.00 bits per heavy atom. The fourth-order valence-electron chi connectivity index (χ4n) is 3.85. The molecule has 2 aromatic carbocycles. The summed E-state index contributed by atoms with van der Waals surface area (Å²) in [5, 5.41) is 8.75. The maximum atomic E-state index is 13.5. The minimum absolute atomic E-state index is 0.149. The van der Waals surface area contributed by atoms with Crippen molar-refractivity contribution in [2.75, 3.05) is 7.05 Å². The van der Waals surface area contributed by atoms with Crippen LogP contribution in [0.25, 0.3) is 11.1 Å². The molecule has 0 fully saturated rings. The van der Waals surface area contributed by atoms with E-state index < -0.39 is 19.6 Å². The van der Waals surface area contributed by atoms with Crippen LogP contribution in [0.1, 0.15) is 18.1 Å². The quantitative estimate of drug-likeness (QED) is 0.563. The molecule has 1 aliphatic heterocycles. The Balaban J connectivity index is 0.000000751. The van der Waals surface area contributed by atoms with Gasteiger partial charge in [-0.05, 0) is 34.4 Å². The van der Waals surface area contributed by atoms with Gasteiger partial charge in [-0.25, -0.2) is 4.99 Å². The largest absolute Gasteiger partial charge is 0.481 e. The van der Waals surface area contributed by atoms with Gasteiger partial charge in [-0.2, -0.15) is 0 Å². The fourth-order valence-corrected chi connectivity index (χ4v) is 5.02. The van der Waals surface area contributed by atoms with Crippen LogP contribution < -0.4 is 10.9 Å². The van der Waals surface area contributed by atoms with Crippen molar-refractivity contribution in [1.29, 1.82) is 0 Å². The standard InChI is InChI=1S/C24H26N4OSi.C2H4O2/c1-28-22(29)24(27-23(28)25,19-10-12-21(13-11-19)30(2,3)4)20-9-5-7-17(15-20)18-8-6-14-26-16-18;1-2(3)4/h5-16H,1-4H3,(H2,25,27);1H3,(H,3,4). The van der Waals surface area contributed by atoms with E-state index in [1.165, 1.54) is 10.1 Å². The molecule has 0 aliphatic carbocycles. The molecule has 1 unspecified atom stereocenters. The van der Waals surface area contributed by atoms with Crippen molar-refractivity contribution in [1.82, 2.24) is 9.88 Å². The van der Waals surface area contributed by atoms with Crippen molar-refractivity contribution >= 4 is 31.1 Å². The Bertz CT molecular complexity index is 1220. The van der Waals surface area contributed by atoms with Crippen LogP contribution in [0.3, 0.4) is 0 Å². The van der Waals surface area contributed by atoms with Gasteiger partial charge >= 0.3 is 0 Å². The normalized spacial score (nSPS) is 17.6. The first kappa shape index (κ1) is 24.9. The van der Waals surface area contributed by atoms with Crippen molar-refractivity contribution in [2.45, 2.75) is 32.1 Å². The number of aromatic nitrogens is 1. The van der Waals surface area contributed by atoms with Gasteiger partial charge in [0.25, 0.3) is 11.9 Å². The Morgan fingerprint density at radius 3 is 2.12 bits per heavy atom. The average Bonchev–Trinajstić information content (AvgIpc) is 3.04. The lowest BCUT2D eigenvalue weighted by Crippen LogP contribution is -2.42. The van der Waals surface area contributed by atoms with Crippen LogP contribution in [-0.4, -0.2) is 47.9 Å². The van der Waals surface area contributed by atoms with E-state index in [1.807, 2.05) is 54.7 Å². The molecule has 34 heavy (non-hydrogen) atoms. The third kappa shape index (κ3) is 4.91. The number of rotatable bonds is 4. The van der Waals surface area contributed by atoms with Crippen LogP contribution in [-0.2, 0) is 15.1 Å². The van der Waals surface area contributed by atoms with Crippen LogP contribution in [0.15, 0.2) is 78.0 Å². The minimum Gasteiger partial charge on any atom is -0.481 e. The number of likely N-dealkylation sites (N-methyl/N-ethyl adjacent to an activating group) is 1. The van der Waals surface area contributed by atoms with E-state index >= 15 is 0 Å². The number of nitrogens with two attached hydrogens (primary N) is 1. The van der Waals surface area contributed by atoms with E-state index in [4.69, 9.17) is 20.6 Å². The molecular formula is C26H30N4O3Si. The highest BCUT2D eigenvalue weighted by Gasteiger charge is 2.49. The molecule has 0 spiro atoms. The maximum Gasteiger partial charge on any atom is 0.300 e. The number of benzene rings is 2. The van der Waals surface area contributed by atoms with E-state index in [9.17, 15) is 4.79 Å². The number of guanidine groups is 1. The summed E-state index contributed by atoms with van der Waals surface area (Å²) < 4.78 is 0. The zero-order valence-electron chi connectivity index (χ0n) is 20.1. The van der Waals surface area contributed by atoms with Crippen molar-refractivity contribution in [3.8, 4) is 11.1 Å². The molecule has 1 amide bonds. The number of carboxylic acid groups (broad SMARTS) is 1. The molecule has 1 atom stereocenters. The van der Waals surface area contributed by atoms with Gasteiger partial charge in [0.05, 0.1) is 8.07 Å². The number of carbonyl (C=O) groups is 2. The van der Waals surface area contributed by atoms with Crippen molar-refractivity contribution in [2.24, 2.45) is 10.7 Å². The highest BCUT2D eigenvalue weighted by molar-refractivity contribution is 6.88. The monoisotopic (exact) mass is 474 g/mol. The Hall–Kier alpha value is -3.78. The Morgan fingerprint density at radius 2 is 1.62 bits per heavy atom. The number of nitrogens with zero attached hydrogens (tertiary/aromatic N) is 3. The third-order valence-electron chi connectivity index (χ3n) is 5.68. The Kier molecular flexibility index (Phi) is 7.02. The second-order valence-corrected chi connectivity index (χ2v) is 14.3. The molecule has 3 N–H and O–H groups in total. The second-order valence-electron chi connectivity index (χ2n) is 9.21. The molecule has 3 aromatic rings. The minimum atomic E-state index is -1.46. The summed E-state index contributed by atoms with van der Waals surface area (Å²) in [6.45, 7) is 8.00. The number of carbonyl (C=O) groups excluding carboxylic acids is 1. The summed E-state index contributed by atoms with van der Waals surface area (Å²) in [6, 6.07) is 20.1. The van der Waals surface area contributed by atoms with Gasteiger partial charge in [0.2, 0.25) is 0 Å². The number of carboxylic acids is 1. The van der Waals surface area contributed by atoms with E-state index in [1.54, 1.807) is 13.2 Å². The van der Waals surface area contributed by atoms with Gasteiger partial charge in [-0.1, -0.05) is 73.4 Å². The molecule has 1 aliphatic rings. The number of aliphatic carboxylic acids is 1. The summed E-state index contributed by atoms with van der Waals surface area (Å²) in [5.41, 5.74) is 8.52. The lowest BCUT2D eigenvalue weighted by Gasteiger charge is -2.27. The van der Waals surface area contributed by atoms with E-state index in [0.717, 1.165) is 29.2 Å². The van der Waals surface area contributed by atoms with E-state index in [-0.39, 0.29) is 11.9 Å². The SMILES string of the molecule is CC(=O)O.CN1C(=O)C(c2ccc([Si](C)(C)C)cc2)(c2cccc(-c3cccnc3)c2)N=C1N. The number of hydrogen-bond acceptors (Lipinski definition) is 5. The molecule has 7 nitrogen and oxygen atoms in total. The van der Waals surface area contributed by atoms with Crippen molar-refractivity contribution < 1.29 is 14.7 Å². The Labute approximate surface area is 201 Å². The first-order valence-corrected chi connectivity index (χ1v) is 14.4. The first-order chi connectivity index (χ1) is 16.0. The molecule has 4 rings (SSSR count). The van der Waals surface area contributed by atoms with E-state index in [0.29, 0.717) is 0 Å². The zero-order valence-corrected chi connectivity index (χ0v) is 21.1. The van der Waals surface area contributed by atoms with Crippen molar-refractivity contribution in [3.63, 3.8) is 0 Å². The van der Waals surface area contributed by atoms with Gasteiger partial charge in [-0.15, -0.1) is 0 Å². The van der Waals surface area contributed by atoms with Crippen LogP contribution in [0.2, 0.25) is 19.6 Å². The lowest BCUT2D eigenvalue weighted by molar-refractivity contribution is -0.134. The molecule has 1 aromatic heterocycles. The summed E-state index contributed by atoms with van der Waals surface area (Å²) in [7, 11) is 0.212. The summed E-state index contributed by atoms with van der Waals surface area (Å²) >= 11 is 0. The van der Waals surface area contributed by atoms with Crippen LogP contribution >= 0.6 is 0 Å². The van der Waals surface area contributed by atoms with Gasteiger partial charge in [-0.3, -0.25) is 19.5 Å². The van der Waals surface area contributed by atoms with Crippen LogP contribution in [0.5, 0.6) is 0 Å². The molecule has 8 heteroatoms. The fraction of sp³-hybridized carbons (Fsp3) is 0.231. The third-order valence-corrected chi connectivity index (χ3v) is 7.75. The van der Waals surface area contributed by atoms with Crippen LogP contribution in [0.4, 0.5) is 0 Å². The summed E-state index contributed by atoms with van der Waals surface area (Å²) in [5.74, 6) is -0.759. The van der Waals surface area contributed by atoms with Gasteiger partial charge in [0.15, 0.2) is 11.5 Å². The first-order valence-electron chi connectivity index (χ1n) is 10.9. The van der Waals surface area contributed by atoms with Gasteiger partial charge in [0.1, 0.15) is 0 Å². The van der Waals surface area contributed by atoms with Gasteiger partial charge < -0.3 is 10.8 Å². The number of hydrogen-bond donors (Lipinski definition) is 2. The van der Waals surface area contributed by atoms with Crippen LogP contribution in [0, 0.1) is 0 Å². The van der Waals surface area contributed by atoms with E-state index in [2.05, 4.69) is 36.8 Å². The molecule has 0 saturated heterocycles. The summed E-state index contributed by atoms with van der Waals surface area (Å²) in [4.78, 5) is 32.9. The second kappa shape index (κ2) is 9.60. The number of amides is 1. The maximum absolute atomic E-state index is 13.5. The predicted molar refractivity (Wildman–Crippen MR) is 138 cm³/mol.